The number of carbonyl (C=O) groups is 2. The summed E-state index contributed by atoms with van der Waals surface area (Å²) in [7, 11) is 0. The second kappa shape index (κ2) is 11.7. The zero-order valence-corrected chi connectivity index (χ0v) is 21.8. The van der Waals surface area contributed by atoms with Gasteiger partial charge < -0.3 is 29.8 Å². The lowest BCUT2D eigenvalue weighted by Crippen LogP contribution is -2.35. The molecular formula is C30H30N4O5. The van der Waals surface area contributed by atoms with Gasteiger partial charge in [-0.25, -0.2) is 4.98 Å². The lowest BCUT2D eigenvalue weighted by molar-refractivity contribution is -0.117. The summed E-state index contributed by atoms with van der Waals surface area (Å²) in [5.74, 6) is 2.21. The number of amides is 2. The molecule has 200 valence electrons. The van der Waals surface area contributed by atoms with Crippen molar-refractivity contribution in [1.82, 2.24) is 20.6 Å². The number of benzene rings is 3. The van der Waals surface area contributed by atoms with Crippen LogP contribution in [0.25, 0.3) is 17.1 Å². The van der Waals surface area contributed by atoms with Crippen molar-refractivity contribution >= 4 is 28.9 Å². The van der Waals surface area contributed by atoms with Crippen molar-refractivity contribution in [3.63, 3.8) is 0 Å². The van der Waals surface area contributed by atoms with Crippen molar-refractivity contribution in [2.75, 3.05) is 19.9 Å². The van der Waals surface area contributed by atoms with E-state index in [-0.39, 0.29) is 12.5 Å². The number of aromatic amines is 1. The summed E-state index contributed by atoms with van der Waals surface area (Å²) < 4.78 is 16.5. The number of fused-ring (bicyclic) bond motifs is 2. The van der Waals surface area contributed by atoms with E-state index < -0.39 is 11.8 Å². The fraction of sp³-hybridized carbons (Fsp3) is 0.233. The number of H-pyrrole nitrogens is 1. The van der Waals surface area contributed by atoms with E-state index in [0.717, 1.165) is 16.9 Å². The minimum Gasteiger partial charge on any atom is -0.493 e. The molecule has 2 amide bonds. The van der Waals surface area contributed by atoms with Crippen LogP contribution in [0, 0.1) is 5.92 Å². The van der Waals surface area contributed by atoms with Crippen LogP contribution >= 0.6 is 0 Å². The van der Waals surface area contributed by atoms with Crippen molar-refractivity contribution in [2.24, 2.45) is 5.92 Å². The first-order valence-electron chi connectivity index (χ1n) is 12.8. The molecule has 4 aromatic rings. The Morgan fingerprint density at radius 1 is 1.05 bits per heavy atom. The zero-order valence-electron chi connectivity index (χ0n) is 21.8. The average molecular weight is 527 g/mol. The van der Waals surface area contributed by atoms with Crippen molar-refractivity contribution in [1.29, 1.82) is 0 Å². The van der Waals surface area contributed by atoms with Gasteiger partial charge in [0.15, 0.2) is 11.5 Å². The number of carbonyl (C=O) groups excluding carboxylic acids is 2. The molecule has 9 nitrogen and oxygen atoms in total. The van der Waals surface area contributed by atoms with Crippen LogP contribution < -0.4 is 24.8 Å². The second-order valence-corrected chi connectivity index (χ2v) is 9.56. The number of imidazole rings is 1. The molecular weight excluding hydrogens is 496 g/mol. The Labute approximate surface area is 226 Å². The highest BCUT2D eigenvalue weighted by molar-refractivity contribution is 6.05. The number of aromatic nitrogens is 2. The number of ether oxygens (including phenoxy) is 3. The molecule has 3 aromatic carbocycles. The van der Waals surface area contributed by atoms with Crippen LogP contribution in [0.2, 0.25) is 0 Å². The first-order valence-corrected chi connectivity index (χ1v) is 12.8. The van der Waals surface area contributed by atoms with Crippen LogP contribution in [-0.4, -0.2) is 41.7 Å². The quantitative estimate of drug-likeness (QED) is 0.263. The maximum atomic E-state index is 13.2. The Bertz CT molecular complexity index is 1470. The Morgan fingerprint density at radius 2 is 1.85 bits per heavy atom. The molecule has 0 aliphatic carbocycles. The van der Waals surface area contributed by atoms with Gasteiger partial charge in [0.25, 0.3) is 11.8 Å². The molecule has 0 saturated heterocycles. The molecule has 1 aromatic heterocycles. The van der Waals surface area contributed by atoms with Gasteiger partial charge in [-0.15, -0.1) is 0 Å². The summed E-state index contributed by atoms with van der Waals surface area (Å²) in [6.45, 7) is 5.19. The van der Waals surface area contributed by atoms with E-state index >= 15 is 0 Å². The third-order valence-corrected chi connectivity index (χ3v) is 5.99. The van der Waals surface area contributed by atoms with E-state index in [2.05, 4.69) is 34.4 Å². The first-order chi connectivity index (χ1) is 18.9. The van der Waals surface area contributed by atoms with Crippen molar-refractivity contribution < 1.29 is 23.8 Å². The van der Waals surface area contributed by atoms with Gasteiger partial charge in [-0.1, -0.05) is 32.0 Å². The Morgan fingerprint density at radius 3 is 2.64 bits per heavy atom. The number of nitrogens with zero attached hydrogens (tertiary/aromatic N) is 1. The molecule has 1 aliphatic rings. The molecule has 0 spiro atoms. The zero-order chi connectivity index (χ0) is 27.2. The summed E-state index contributed by atoms with van der Waals surface area (Å²) in [6.07, 6.45) is 2.11. The number of para-hydroxylation sites is 2. The molecule has 5 rings (SSSR count). The Kier molecular flexibility index (Phi) is 7.77. The largest absolute Gasteiger partial charge is 0.493 e. The molecule has 2 heterocycles. The van der Waals surface area contributed by atoms with E-state index in [4.69, 9.17) is 14.2 Å². The predicted octanol–water partition coefficient (Wildman–Crippen LogP) is 4.46. The highest BCUT2D eigenvalue weighted by Gasteiger charge is 2.17. The van der Waals surface area contributed by atoms with E-state index in [1.54, 1.807) is 48.5 Å². The highest BCUT2D eigenvalue weighted by Crippen LogP contribution is 2.33. The van der Waals surface area contributed by atoms with E-state index in [9.17, 15) is 9.59 Å². The molecule has 1 aliphatic heterocycles. The fourth-order valence-electron chi connectivity index (χ4n) is 4.00. The van der Waals surface area contributed by atoms with Crippen LogP contribution in [-0.2, 0) is 11.2 Å². The lowest BCUT2D eigenvalue weighted by atomic mass is 10.1. The van der Waals surface area contributed by atoms with Crippen LogP contribution in [0.3, 0.4) is 0 Å². The molecule has 0 bridgehead atoms. The molecule has 0 radical (unpaired) electrons. The lowest BCUT2D eigenvalue weighted by Gasteiger charge is -2.12. The summed E-state index contributed by atoms with van der Waals surface area (Å²) in [6, 6.07) is 19.9. The number of rotatable bonds is 10. The van der Waals surface area contributed by atoms with Gasteiger partial charge >= 0.3 is 0 Å². The van der Waals surface area contributed by atoms with E-state index in [0.29, 0.717) is 53.9 Å². The van der Waals surface area contributed by atoms with Gasteiger partial charge in [0, 0.05) is 18.5 Å². The van der Waals surface area contributed by atoms with Crippen LogP contribution in [0.1, 0.15) is 35.6 Å². The van der Waals surface area contributed by atoms with E-state index in [1.807, 2.05) is 24.3 Å². The van der Waals surface area contributed by atoms with Gasteiger partial charge in [0.1, 0.15) is 17.3 Å². The Balaban J connectivity index is 1.29. The van der Waals surface area contributed by atoms with Gasteiger partial charge in [0.2, 0.25) is 6.79 Å². The van der Waals surface area contributed by atoms with Gasteiger partial charge in [-0.05, 0) is 66.1 Å². The van der Waals surface area contributed by atoms with Crippen molar-refractivity contribution in [2.45, 2.75) is 20.3 Å². The number of hydrogen-bond acceptors (Lipinski definition) is 6. The predicted molar refractivity (Wildman–Crippen MR) is 148 cm³/mol. The fourth-order valence-corrected chi connectivity index (χ4v) is 4.00. The van der Waals surface area contributed by atoms with Crippen molar-refractivity contribution in [3.05, 3.63) is 89.4 Å². The molecule has 0 unspecified atom stereocenters. The van der Waals surface area contributed by atoms with Crippen LogP contribution in [0.5, 0.6) is 17.2 Å². The summed E-state index contributed by atoms with van der Waals surface area (Å²) >= 11 is 0. The smallest absolute Gasteiger partial charge is 0.267 e. The highest BCUT2D eigenvalue weighted by atomic mass is 16.7. The van der Waals surface area contributed by atoms with Gasteiger partial charge in [-0.2, -0.15) is 0 Å². The summed E-state index contributed by atoms with van der Waals surface area (Å²) in [4.78, 5) is 34.1. The summed E-state index contributed by atoms with van der Waals surface area (Å²) in [5, 5.41) is 5.65. The summed E-state index contributed by atoms with van der Waals surface area (Å²) in [5.41, 5.74) is 2.99. The minimum atomic E-state index is -0.422. The van der Waals surface area contributed by atoms with Crippen LogP contribution in [0.4, 0.5) is 0 Å². The SMILES string of the molecule is CC(C)COc1ccc(C(=O)N/C(=C/c2ccc3c(c2)OCO3)C(=O)NCCc2nc3ccccc3[nH]2)cc1. The third kappa shape index (κ3) is 6.56. The van der Waals surface area contributed by atoms with Gasteiger partial charge in [-0.3, -0.25) is 9.59 Å². The molecule has 0 saturated carbocycles. The minimum absolute atomic E-state index is 0.101. The standard InChI is InChI=1S/C30H30N4O5/c1-19(2)17-37-22-10-8-21(9-11-22)29(35)34-25(15-20-7-12-26-27(16-20)39-18-38-26)30(36)31-14-13-28-32-23-5-3-4-6-24(23)33-28/h3-12,15-16,19H,13-14,17-18H2,1-2H3,(H,31,36)(H,32,33)(H,34,35)/b25-15+. The maximum Gasteiger partial charge on any atom is 0.267 e. The van der Waals surface area contributed by atoms with Crippen LogP contribution in [0.15, 0.2) is 72.4 Å². The molecule has 3 N–H and O–H groups in total. The number of hydrogen-bond donors (Lipinski definition) is 3. The normalized spacial score (nSPS) is 12.5. The Hall–Kier alpha value is -4.79. The monoisotopic (exact) mass is 526 g/mol. The molecule has 0 fully saturated rings. The third-order valence-electron chi connectivity index (χ3n) is 5.99. The molecule has 0 atom stereocenters. The second-order valence-electron chi connectivity index (χ2n) is 9.56. The van der Waals surface area contributed by atoms with E-state index in [1.165, 1.54) is 0 Å². The average Bonchev–Trinajstić information content (AvgIpc) is 3.58. The van der Waals surface area contributed by atoms with Gasteiger partial charge in [0.05, 0.1) is 17.6 Å². The topological polar surface area (TPSA) is 115 Å². The maximum absolute atomic E-state index is 13.2. The number of nitrogens with one attached hydrogen (secondary N) is 3. The van der Waals surface area contributed by atoms with Crippen molar-refractivity contribution in [3.8, 4) is 17.2 Å². The first kappa shape index (κ1) is 25.8. The molecule has 9 heteroatoms. The molecule has 39 heavy (non-hydrogen) atoms.